The molecule has 21 heavy (non-hydrogen) atoms. The van der Waals surface area contributed by atoms with Crippen molar-refractivity contribution in [1.82, 2.24) is 10.6 Å². The smallest absolute Gasteiger partial charge is 0.410 e. The van der Waals surface area contributed by atoms with Gasteiger partial charge in [-0.3, -0.25) is 4.79 Å². The van der Waals surface area contributed by atoms with Crippen molar-refractivity contribution in [2.24, 2.45) is 0 Å². The molecule has 0 unspecified atom stereocenters. The summed E-state index contributed by atoms with van der Waals surface area (Å²) in [5, 5.41) is 5.98. The van der Waals surface area contributed by atoms with Gasteiger partial charge in [-0.1, -0.05) is 20.3 Å². The van der Waals surface area contributed by atoms with Gasteiger partial charge in [0, 0.05) is 19.9 Å². The molecule has 0 radical (unpaired) electrons. The van der Waals surface area contributed by atoms with Crippen molar-refractivity contribution >= 4 is 12.1 Å². The Morgan fingerprint density at radius 3 is 2.33 bits per heavy atom. The Bertz CT molecular complexity index is 285. The van der Waals surface area contributed by atoms with E-state index in [0.717, 1.165) is 38.8 Å². The maximum absolute atomic E-state index is 11.4. The van der Waals surface area contributed by atoms with E-state index in [4.69, 9.17) is 9.47 Å². The minimum atomic E-state index is -0.845. The average Bonchev–Trinajstić information content (AvgIpc) is 2.41. The highest BCUT2D eigenvalue weighted by molar-refractivity contribution is 5.70. The van der Waals surface area contributed by atoms with Gasteiger partial charge in [-0.2, -0.15) is 0 Å². The molecule has 0 fully saturated rings. The zero-order valence-corrected chi connectivity index (χ0v) is 13.6. The number of nitrogens with one attached hydrogen (secondary N) is 2. The van der Waals surface area contributed by atoms with E-state index in [0.29, 0.717) is 19.4 Å². The van der Waals surface area contributed by atoms with Crippen LogP contribution in [0.2, 0.25) is 0 Å². The van der Waals surface area contributed by atoms with Crippen molar-refractivity contribution < 1.29 is 19.1 Å². The van der Waals surface area contributed by atoms with Crippen LogP contribution in [0.4, 0.5) is 4.79 Å². The number of ether oxygens (including phenoxy) is 2. The molecule has 0 aromatic rings. The monoisotopic (exact) mass is 302 g/mol. The van der Waals surface area contributed by atoms with Crippen molar-refractivity contribution in [3.63, 3.8) is 0 Å². The van der Waals surface area contributed by atoms with Gasteiger partial charge in [-0.05, 0) is 38.8 Å². The maximum atomic E-state index is 11.4. The molecule has 1 atom stereocenters. The number of rotatable bonds is 12. The van der Waals surface area contributed by atoms with Gasteiger partial charge < -0.3 is 20.1 Å². The molecule has 0 saturated heterocycles. The molecule has 0 aromatic carbocycles. The molecule has 6 nitrogen and oxygen atoms in total. The van der Waals surface area contributed by atoms with Crippen molar-refractivity contribution in [2.45, 2.75) is 65.6 Å². The highest BCUT2D eigenvalue weighted by Gasteiger charge is 2.12. The minimum absolute atomic E-state index is 0.335. The van der Waals surface area contributed by atoms with Crippen LogP contribution in [0.15, 0.2) is 0 Å². The number of hydrogen-bond acceptors (Lipinski definition) is 5. The fourth-order valence-corrected chi connectivity index (χ4v) is 1.71. The Labute approximate surface area is 127 Å². The molecular weight excluding hydrogens is 272 g/mol. The van der Waals surface area contributed by atoms with E-state index in [9.17, 15) is 9.59 Å². The summed E-state index contributed by atoms with van der Waals surface area (Å²) in [6.07, 6.45) is 3.87. The van der Waals surface area contributed by atoms with E-state index in [1.165, 1.54) is 6.92 Å². The lowest BCUT2D eigenvalue weighted by molar-refractivity contribution is -0.164. The van der Waals surface area contributed by atoms with Crippen LogP contribution >= 0.6 is 0 Å². The van der Waals surface area contributed by atoms with Gasteiger partial charge in [0.25, 0.3) is 0 Å². The number of carbonyl (C=O) groups is 2. The minimum Gasteiger partial charge on any atom is -0.425 e. The van der Waals surface area contributed by atoms with Gasteiger partial charge in [0.2, 0.25) is 6.29 Å². The predicted molar refractivity (Wildman–Crippen MR) is 82.0 cm³/mol. The Balaban J connectivity index is 3.47. The third-order valence-corrected chi connectivity index (χ3v) is 2.75. The van der Waals surface area contributed by atoms with Crippen LogP contribution in [0.3, 0.4) is 0 Å². The van der Waals surface area contributed by atoms with Crippen molar-refractivity contribution in [3.8, 4) is 0 Å². The zero-order chi connectivity index (χ0) is 15.9. The van der Waals surface area contributed by atoms with E-state index >= 15 is 0 Å². The lowest BCUT2D eigenvalue weighted by Crippen LogP contribution is -2.30. The Kier molecular flexibility index (Phi) is 12.8. The number of amides is 1. The summed E-state index contributed by atoms with van der Waals surface area (Å²) in [5.74, 6) is -0.350. The molecule has 0 aliphatic rings. The largest absolute Gasteiger partial charge is 0.425 e. The molecule has 2 N–H and O–H groups in total. The van der Waals surface area contributed by atoms with E-state index in [1.807, 2.05) is 6.92 Å². The molecule has 0 aliphatic heterocycles. The quantitative estimate of drug-likeness (QED) is 0.329. The summed E-state index contributed by atoms with van der Waals surface area (Å²) < 4.78 is 9.84. The number of unbranched alkanes of at least 4 members (excludes halogenated alkanes) is 2. The second-order valence-corrected chi connectivity index (χ2v) is 4.95. The number of hydrogen-bond donors (Lipinski definition) is 2. The average molecular weight is 302 g/mol. The Hall–Kier alpha value is -1.30. The molecule has 0 saturated carbocycles. The first kappa shape index (κ1) is 19.7. The Morgan fingerprint density at radius 1 is 0.952 bits per heavy atom. The normalized spacial score (nSPS) is 11.8. The van der Waals surface area contributed by atoms with Gasteiger partial charge in [-0.15, -0.1) is 0 Å². The summed E-state index contributed by atoms with van der Waals surface area (Å²) in [4.78, 5) is 22.6. The lowest BCUT2D eigenvalue weighted by atomic mass is 10.2. The topological polar surface area (TPSA) is 76.7 Å². The van der Waals surface area contributed by atoms with Crippen LogP contribution in [0.5, 0.6) is 0 Å². The summed E-state index contributed by atoms with van der Waals surface area (Å²) >= 11 is 0. The molecule has 0 heterocycles. The summed E-state index contributed by atoms with van der Waals surface area (Å²) in [5.41, 5.74) is 0. The molecule has 0 aromatic heterocycles. The molecule has 1 amide bonds. The van der Waals surface area contributed by atoms with E-state index in [2.05, 4.69) is 17.6 Å². The van der Waals surface area contributed by atoms with Gasteiger partial charge in [0.15, 0.2) is 0 Å². The standard InChI is InChI=1S/C15H30N2O4/c1-4-9-14(18)20-13(3)21-15(19)17-12-8-6-7-11-16-10-5-2/h13,16H,4-12H2,1-3H3,(H,17,19)/t13-/m0/s1. The number of esters is 1. The van der Waals surface area contributed by atoms with Crippen LogP contribution in [0.1, 0.15) is 59.3 Å². The van der Waals surface area contributed by atoms with Gasteiger partial charge in [0.05, 0.1) is 0 Å². The second kappa shape index (κ2) is 13.7. The summed E-state index contributed by atoms with van der Waals surface area (Å²) in [6, 6.07) is 0. The van der Waals surface area contributed by atoms with E-state index in [1.54, 1.807) is 0 Å². The van der Waals surface area contributed by atoms with Crippen LogP contribution in [-0.4, -0.2) is 38.0 Å². The van der Waals surface area contributed by atoms with Crippen molar-refractivity contribution in [2.75, 3.05) is 19.6 Å². The fourth-order valence-electron chi connectivity index (χ4n) is 1.71. The fraction of sp³-hybridized carbons (Fsp3) is 0.867. The highest BCUT2D eigenvalue weighted by Crippen LogP contribution is 1.99. The number of carbonyl (C=O) groups excluding carboxylic acids is 2. The van der Waals surface area contributed by atoms with Gasteiger partial charge >= 0.3 is 12.1 Å². The molecular formula is C15H30N2O4. The number of alkyl carbamates (subject to hydrolysis) is 1. The summed E-state index contributed by atoms with van der Waals surface area (Å²) in [6.45, 7) is 8.21. The molecule has 0 aliphatic carbocycles. The zero-order valence-electron chi connectivity index (χ0n) is 13.6. The van der Waals surface area contributed by atoms with Gasteiger partial charge in [-0.25, -0.2) is 4.79 Å². The van der Waals surface area contributed by atoms with Gasteiger partial charge in [0.1, 0.15) is 0 Å². The lowest BCUT2D eigenvalue weighted by Gasteiger charge is -2.14. The van der Waals surface area contributed by atoms with E-state index < -0.39 is 12.4 Å². The maximum Gasteiger partial charge on any atom is 0.410 e. The first-order valence-corrected chi connectivity index (χ1v) is 7.94. The van der Waals surface area contributed by atoms with Crippen LogP contribution in [0.25, 0.3) is 0 Å². The molecule has 0 spiro atoms. The van der Waals surface area contributed by atoms with Crippen molar-refractivity contribution in [1.29, 1.82) is 0 Å². The third kappa shape index (κ3) is 13.4. The first-order valence-electron chi connectivity index (χ1n) is 7.94. The summed E-state index contributed by atoms with van der Waals surface area (Å²) in [7, 11) is 0. The van der Waals surface area contributed by atoms with Crippen LogP contribution < -0.4 is 10.6 Å². The Morgan fingerprint density at radius 2 is 1.67 bits per heavy atom. The molecule has 0 bridgehead atoms. The van der Waals surface area contributed by atoms with E-state index in [-0.39, 0.29) is 5.97 Å². The molecule has 0 rings (SSSR count). The van der Waals surface area contributed by atoms with Crippen molar-refractivity contribution in [3.05, 3.63) is 0 Å². The highest BCUT2D eigenvalue weighted by atomic mass is 16.7. The van der Waals surface area contributed by atoms with Crippen LogP contribution in [-0.2, 0) is 14.3 Å². The van der Waals surface area contributed by atoms with Crippen LogP contribution in [0, 0.1) is 0 Å². The SMILES string of the molecule is CCCNCCCCCNC(=O)O[C@@H](C)OC(=O)CCC. The first-order chi connectivity index (χ1) is 10.1. The second-order valence-electron chi connectivity index (χ2n) is 4.95. The molecule has 6 heteroatoms. The predicted octanol–water partition coefficient (Wildman–Crippen LogP) is 2.57. The molecule has 124 valence electrons. The third-order valence-electron chi connectivity index (χ3n) is 2.75.